The van der Waals surface area contributed by atoms with E-state index >= 15 is 0 Å². The number of benzene rings is 1. The van der Waals surface area contributed by atoms with Gasteiger partial charge in [-0.3, -0.25) is 4.79 Å². The number of hydrogen-bond donors (Lipinski definition) is 1. The van der Waals surface area contributed by atoms with Crippen molar-refractivity contribution < 1.29 is 14.7 Å². The van der Waals surface area contributed by atoms with Gasteiger partial charge in [-0.05, 0) is 31.1 Å². The van der Waals surface area contributed by atoms with Gasteiger partial charge in [0.1, 0.15) is 6.04 Å². The molecule has 5 nitrogen and oxygen atoms in total. The van der Waals surface area contributed by atoms with Crippen LogP contribution in [0.4, 0.5) is 0 Å². The first kappa shape index (κ1) is 14.1. The van der Waals surface area contributed by atoms with E-state index in [9.17, 15) is 14.7 Å². The molecule has 0 aliphatic carbocycles. The number of hydrogen-bond acceptors (Lipinski definition) is 3. The second-order valence-electron chi connectivity index (χ2n) is 6.04. The van der Waals surface area contributed by atoms with Gasteiger partial charge in [0, 0.05) is 19.5 Å². The quantitative estimate of drug-likeness (QED) is 0.881. The predicted molar refractivity (Wildman–Crippen MR) is 77.7 cm³/mol. The molecule has 1 aromatic carbocycles. The van der Waals surface area contributed by atoms with Crippen LogP contribution < -0.4 is 0 Å². The number of rotatable bonds is 2. The van der Waals surface area contributed by atoms with Crippen molar-refractivity contribution in [2.45, 2.75) is 25.4 Å². The molecule has 1 aromatic rings. The standard InChI is InChI=1S/C16H20N2O3/c1-17-7-6-13(9-17)15(19)18-10-12-5-3-2-4-11(12)8-14(18)16(20)21/h2-5,13-14H,6-10H2,1H3,(H,20,21)/t13?,14-/m0/s1. The average molecular weight is 288 g/mol. The molecule has 1 unspecified atom stereocenters. The fourth-order valence-corrected chi connectivity index (χ4v) is 3.35. The molecular weight excluding hydrogens is 268 g/mol. The van der Waals surface area contributed by atoms with Crippen LogP contribution in [0.3, 0.4) is 0 Å². The molecule has 2 aliphatic rings. The van der Waals surface area contributed by atoms with Crippen molar-refractivity contribution in [3.63, 3.8) is 0 Å². The van der Waals surface area contributed by atoms with Crippen molar-refractivity contribution in [2.24, 2.45) is 5.92 Å². The topological polar surface area (TPSA) is 60.9 Å². The third-order valence-electron chi connectivity index (χ3n) is 4.56. The van der Waals surface area contributed by atoms with Crippen molar-refractivity contribution >= 4 is 11.9 Å². The summed E-state index contributed by atoms with van der Waals surface area (Å²) in [6.45, 7) is 2.04. The number of carbonyl (C=O) groups is 2. The smallest absolute Gasteiger partial charge is 0.326 e. The third-order valence-corrected chi connectivity index (χ3v) is 4.56. The second kappa shape index (κ2) is 5.48. The van der Waals surface area contributed by atoms with Gasteiger partial charge in [-0.2, -0.15) is 0 Å². The Morgan fingerprint density at radius 2 is 1.95 bits per heavy atom. The molecule has 0 radical (unpaired) electrons. The summed E-state index contributed by atoms with van der Waals surface area (Å²) in [4.78, 5) is 27.9. The van der Waals surface area contributed by atoms with E-state index in [-0.39, 0.29) is 11.8 Å². The number of amides is 1. The van der Waals surface area contributed by atoms with Gasteiger partial charge in [-0.1, -0.05) is 24.3 Å². The minimum Gasteiger partial charge on any atom is -0.480 e. The molecule has 21 heavy (non-hydrogen) atoms. The van der Waals surface area contributed by atoms with Gasteiger partial charge in [0.05, 0.1) is 5.92 Å². The summed E-state index contributed by atoms with van der Waals surface area (Å²) in [6, 6.07) is 7.05. The molecule has 1 N–H and O–H groups in total. The number of nitrogens with zero attached hydrogens (tertiary/aromatic N) is 2. The molecule has 0 saturated carbocycles. The number of carbonyl (C=O) groups excluding carboxylic acids is 1. The zero-order chi connectivity index (χ0) is 15.0. The molecular formula is C16H20N2O3. The SMILES string of the molecule is CN1CCC(C(=O)N2Cc3ccccc3C[C@H]2C(=O)O)C1. The van der Waals surface area contributed by atoms with Gasteiger partial charge in [-0.15, -0.1) is 0 Å². The summed E-state index contributed by atoms with van der Waals surface area (Å²) in [7, 11) is 1.99. The van der Waals surface area contributed by atoms with Gasteiger partial charge in [0.15, 0.2) is 0 Å². The largest absolute Gasteiger partial charge is 0.480 e. The zero-order valence-corrected chi connectivity index (χ0v) is 12.2. The van der Waals surface area contributed by atoms with Crippen molar-refractivity contribution in [3.05, 3.63) is 35.4 Å². The second-order valence-corrected chi connectivity index (χ2v) is 6.04. The number of likely N-dealkylation sites (tertiary alicyclic amines) is 1. The van der Waals surface area contributed by atoms with E-state index < -0.39 is 12.0 Å². The highest BCUT2D eigenvalue weighted by atomic mass is 16.4. The molecule has 3 rings (SSSR count). The van der Waals surface area contributed by atoms with Crippen LogP contribution in [-0.2, 0) is 22.6 Å². The van der Waals surface area contributed by atoms with E-state index in [1.165, 1.54) is 0 Å². The average Bonchev–Trinajstić information content (AvgIpc) is 2.91. The predicted octanol–water partition coefficient (Wildman–Crippen LogP) is 0.976. The van der Waals surface area contributed by atoms with Gasteiger partial charge in [0.25, 0.3) is 0 Å². The Hall–Kier alpha value is -1.88. The summed E-state index contributed by atoms with van der Waals surface area (Å²) >= 11 is 0. The number of fused-ring (bicyclic) bond motifs is 1. The fourth-order valence-electron chi connectivity index (χ4n) is 3.35. The minimum absolute atomic E-state index is 0.0127. The van der Waals surface area contributed by atoms with E-state index in [0.29, 0.717) is 13.0 Å². The Balaban J connectivity index is 1.85. The van der Waals surface area contributed by atoms with Crippen molar-refractivity contribution in [2.75, 3.05) is 20.1 Å². The van der Waals surface area contributed by atoms with E-state index in [0.717, 1.165) is 30.6 Å². The summed E-state index contributed by atoms with van der Waals surface area (Å²) in [6.07, 6.45) is 1.22. The molecule has 0 aromatic heterocycles. The molecule has 5 heteroatoms. The van der Waals surface area contributed by atoms with Crippen LogP contribution in [0.2, 0.25) is 0 Å². The summed E-state index contributed by atoms with van der Waals surface area (Å²) in [5.74, 6) is -0.993. The van der Waals surface area contributed by atoms with Crippen LogP contribution in [0, 0.1) is 5.92 Å². The fraction of sp³-hybridized carbons (Fsp3) is 0.500. The van der Waals surface area contributed by atoms with Gasteiger partial charge in [-0.25, -0.2) is 4.79 Å². The van der Waals surface area contributed by atoms with Crippen molar-refractivity contribution in [3.8, 4) is 0 Å². The molecule has 2 heterocycles. The highest BCUT2D eigenvalue weighted by molar-refractivity contribution is 5.86. The monoisotopic (exact) mass is 288 g/mol. The molecule has 0 bridgehead atoms. The van der Waals surface area contributed by atoms with Crippen LogP contribution in [0.1, 0.15) is 17.5 Å². The van der Waals surface area contributed by atoms with Crippen LogP contribution >= 0.6 is 0 Å². The lowest BCUT2D eigenvalue weighted by Crippen LogP contribution is -2.50. The van der Waals surface area contributed by atoms with Crippen LogP contribution in [0.15, 0.2) is 24.3 Å². The molecule has 112 valence electrons. The van der Waals surface area contributed by atoms with Gasteiger partial charge < -0.3 is 14.9 Å². The van der Waals surface area contributed by atoms with Crippen LogP contribution in [-0.4, -0.2) is 53.0 Å². The van der Waals surface area contributed by atoms with Crippen molar-refractivity contribution in [1.82, 2.24) is 9.80 Å². The maximum Gasteiger partial charge on any atom is 0.326 e. The molecule has 2 atom stereocenters. The maximum atomic E-state index is 12.7. The lowest BCUT2D eigenvalue weighted by atomic mass is 9.92. The molecule has 1 amide bonds. The summed E-state index contributed by atoms with van der Waals surface area (Å²) < 4.78 is 0. The molecule has 1 saturated heterocycles. The van der Waals surface area contributed by atoms with Gasteiger partial charge in [0.2, 0.25) is 5.91 Å². The molecule has 1 fully saturated rings. The van der Waals surface area contributed by atoms with E-state index in [1.54, 1.807) is 4.90 Å². The first-order valence-electron chi connectivity index (χ1n) is 7.35. The Morgan fingerprint density at radius 3 is 2.57 bits per heavy atom. The Morgan fingerprint density at radius 1 is 1.24 bits per heavy atom. The first-order valence-corrected chi connectivity index (χ1v) is 7.35. The highest BCUT2D eigenvalue weighted by Gasteiger charge is 2.38. The Labute approximate surface area is 124 Å². The zero-order valence-electron chi connectivity index (χ0n) is 12.2. The maximum absolute atomic E-state index is 12.7. The highest BCUT2D eigenvalue weighted by Crippen LogP contribution is 2.27. The van der Waals surface area contributed by atoms with E-state index in [4.69, 9.17) is 0 Å². The normalized spacial score (nSPS) is 25.7. The Kier molecular flexibility index (Phi) is 3.68. The Bertz CT molecular complexity index is 572. The molecule has 2 aliphatic heterocycles. The van der Waals surface area contributed by atoms with E-state index in [2.05, 4.69) is 4.90 Å². The summed E-state index contributed by atoms with van der Waals surface area (Å²) in [5.41, 5.74) is 2.10. The van der Waals surface area contributed by atoms with Gasteiger partial charge >= 0.3 is 5.97 Å². The van der Waals surface area contributed by atoms with E-state index in [1.807, 2.05) is 31.3 Å². The number of aliphatic carboxylic acids is 1. The lowest BCUT2D eigenvalue weighted by Gasteiger charge is -2.36. The number of carboxylic acid groups (broad SMARTS) is 1. The van der Waals surface area contributed by atoms with Crippen LogP contribution in [0.5, 0.6) is 0 Å². The minimum atomic E-state index is -0.913. The lowest BCUT2D eigenvalue weighted by molar-refractivity contribution is -0.153. The third kappa shape index (κ3) is 2.65. The number of carboxylic acids is 1. The van der Waals surface area contributed by atoms with Crippen molar-refractivity contribution in [1.29, 1.82) is 0 Å². The van der Waals surface area contributed by atoms with Crippen LogP contribution in [0.25, 0.3) is 0 Å². The first-order chi connectivity index (χ1) is 10.1. The summed E-state index contributed by atoms with van der Waals surface area (Å²) in [5, 5.41) is 9.47. The molecule has 0 spiro atoms.